The highest BCUT2D eigenvalue weighted by Crippen LogP contribution is 2.15. The molecule has 0 aromatic heterocycles. The molecule has 7 heteroatoms. The van der Waals surface area contributed by atoms with E-state index in [1.165, 1.54) is 4.90 Å². The van der Waals surface area contributed by atoms with Crippen molar-refractivity contribution in [1.29, 1.82) is 0 Å². The van der Waals surface area contributed by atoms with Crippen LogP contribution in [-0.4, -0.2) is 52.2 Å². The molecule has 0 bridgehead atoms. The minimum Gasteiger partial charge on any atom is -0.399 e. The number of rotatable bonds is 7. The zero-order valence-corrected chi connectivity index (χ0v) is 16.3. The van der Waals surface area contributed by atoms with Crippen LogP contribution in [0.1, 0.15) is 24.0 Å². The van der Waals surface area contributed by atoms with Crippen LogP contribution in [0.4, 0.5) is 11.4 Å². The molecule has 1 aliphatic heterocycles. The molecule has 0 unspecified atom stereocenters. The highest BCUT2D eigenvalue weighted by atomic mass is 16.3. The summed E-state index contributed by atoms with van der Waals surface area (Å²) in [4.78, 5) is 25.8. The number of aliphatic hydroxyl groups is 2. The van der Waals surface area contributed by atoms with Crippen LogP contribution >= 0.6 is 0 Å². The standard InChI is InChI=1S/C22H27N3O4/c23-17-7-1-15(2-8-17)5-11-21(28)24-18-9-3-16(4-10-18)6-12-22(29)25-13-19(26)20(27)14-25/h1-4,7-10,19-20,26-27H,5-6,11-14,23H2,(H,24,28)/t19-,20-/m1/s1. The number of likely N-dealkylation sites (tertiary alicyclic amines) is 1. The summed E-state index contributed by atoms with van der Waals surface area (Å²) in [6.07, 6.45) is 0.184. The average molecular weight is 397 g/mol. The van der Waals surface area contributed by atoms with Crippen molar-refractivity contribution in [3.05, 3.63) is 59.7 Å². The first kappa shape index (κ1) is 20.8. The lowest BCUT2D eigenvalue weighted by molar-refractivity contribution is -0.130. The van der Waals surface area contributed by atoms with E-state index in [9.17, 15) is 19.8 Å². The van der Waals surface area contributed by atoms with E-state index in [1.807, 2.05) is 48.5 Å². The van der Waals surface area contributed by atoms with Crippen molar-refractivity contribution in [2.75, 3.05) is 24.1 Å². The molecule has 2 aromatic carbocycles. The number of nitrogens with one attached hydrogen (secondary N) is 1. The third-order valence-electron chi connectivity index (χ3n) is 5.10. The highest BCUT2D eigenvalue weighted by molar-refractivity contribution is 5.90. The third-order valence-corrected chi connectivity index (χ3v) is 5.10. The second kappa shape index (κ2) is 9.54. The van der Waals surface area contributed by atoms with Crippen molar-refractivity contribution in [1.82, 2.24) is 4.90 Å². The van der Waals surface area contributed by atoms with Gasteiger partial charge in [0.2, 0.25) is 11.8 Å². The fraction of sp³-hybridized carbons (Fsp3) is 0.364. The maximum Gasteiger partial charge on any atom is 0.224 e. The normalized spacial score (nSPS) is 18.6. The topological polar surface area (TPSA) is 116 Å². The molecule has 1 heterocycles. The number of carbonyl (C=O) groups is 2. The van der Waals surface area contributed by atoms with Crippen LogP contribution in [0, 0.1) is 0 Å². The van der Waals surface area contributed by atoms with Crippen LogP contribution in [0.15, 0.2) is 48.5 Å². The molecule has 3 rings (SSSR count). The largest absolute Gasteiger partial charge is 0.399 e. The Hall–Kier alpha value is -2.90. The van der Waals surface area contributed by atoms with Gasteiger partial charge >= 0.3 is 0 Å². The highest BCUT2D eigenvalue weighted by Gasteiger charge is 2.32. The van der Waals surface area contributed by atoms with Gasteiger partial charge in [0.1, 0.15) is 0 Å². The molecule has 0 radical (unpaired) electrons. The van der Waals surface area contributed by atoms with Gasteiger partial charge in [-0.15, -0.1) is 0 Å². The SMILES string of the molecule is Nc1ccc(CCC(=O)Nc2ccc(CCC(=O)N3C[C@@H](O)[C@H](O)C3)cc2)cc1. The van der Waals surface area contributed by atoms with E-state index >= 15 is 0 Å². The van der Waals surface area contributed by atoms with Gasteiger partial charge in [0, 0.05) is 37.3 Å². The number of benzene rings is 2. The van der Waals surface area contributed by atoms with Crippen LogP contribution in [0.2, 0.25) is 0 Å². The number of hydrogen-bond acceptors (Lipinski definition) is 5. The van der Waals surface area contributed by atoms with E-state index in [0.29, 0.717) is 37.1 Å². The minimum atomic E-state index is -0.859. The number of nitrogen functional groups attached to an aromatic ring is 1. The Kier molecular flexibility index (Phi) is 6.85. The predicted molar refractivity (Wildman–Crippen MR) is 111 cm³/mol. The van der Waals surface area contributed by atoms with Gasteiger partial charge in [0.05, 0.1) is 12.2 Å². The average Bonchev–Trinajstić information content (AvgIpc) is 3.05. The fourth-order valence-electron chi connectivity index (χ4n) is 3.30. The number of hydrogen-bond donors (Lipinski definition) is 4. The van der Waals surface area contributed by atoms with E-state index in [2.05, 4.69) is 5.32 Å². The van der Waals surface area contributed by atoms with Gasteiger partial charge in [-0.2, -0.15) is 0 Å². The molecule has 1 aliphatic rings. The number of β-amino-alcohol motifs (C(OH)–C–C–N with tert-alkyl or cyclic N) is 2. The van der Waals surface area contributed by atoms with E-state index in [1.54, 1.807) is 0 Å². The summed E-state index contributed by atoms with van der Waals surface area (Å²) in [7, 11) is 0. The van der Waals surface area contributed by atoms with E-state index < -0.39 is 12.2 Å². The van der Waals surface area contributed by atoms with Crippen LogP contribution < -0.4 is 11.1 Å². The van der Waals surface area contributed by atoms with E-state index in [0.717, 1.165) is 11.1 Å². The number of aliphatic hydroxyl groups excluding tert-OH is 2. The lowest BCUT2D eigenvalue weighted by Crippen LogP contribution is -2.29. The quantitative estimate of drug-likeness (QED) is 0.526. The maximum absolute atomic E-state index is 12.2. The number of aryl methyl sites for hydroxylation is 2. The molecular weight excluding hydrogens is 370 g/mol. The first-order valence-corrected chi connectivity index (χ1v) is 9.78. The van der Waals surface area contributed by atoms with Gasteiger partial charge in [-0.25, -0.2) is 0 Å². The zero-order chi connectivity index (χ0) is 20.8. The molecule has 1 saturated heterocycles. The molecule has 0 saturated carbocycles. The summed E-state index contributed by atoms with van der Waals surface area (Å²) in [5.74, 6) is -0.142. The zero-order valence-electron chi connectivity index (χ0n) is 16.3. The second-order valence-corrected chi connectivity index (χ2v) is 7.42. The second-order valence-electron chi connectivity index (χ2n) is 7.42. The summed E-state index contributed by atoms with van der Waals surface area (Å²) in [5.41, 5.74) is 9.12. The Morgan fingerprint density at radius 1 is 0.897 bits per heavy atom. The Bertz CT molecular complexity index is 826. The maximum atomic E-state index is 12.2. The molecule has 7 nitrogen and oxygen atoms in total. The molecule has 154 valence electrons. The number of nitrogens with zero attached hydrogens (tertiary/aromatic N) is 1. The van der Waals surface area contributed by atoms with Gasteiger partial charge in [0.15, 0.2) is 0 Å². The van der Waals surface area contributed by atoms with Crippen molar-refractivity contribution in [2.45, 2.75) is 37.9 Å². The molecule has 2 atom stereocenters. The van der Waals surface area contributed by atoms with E-state index in [4.69, 9.17) is 5.73 Å². The Morgan fingerprint density at radius 3 is 2.00 bits per heavy atom. The molecule has 0 aliphatic carbocycles. The molecule has 1 fully saturated rings. The number of nitrogens with two attached hydrogens (primary N) is 1. The molecular formula is C22H27N3O4. The summed E-state index contributed by atoms with van der Waals surface area (Å²) in [6, 6.07) is 14.9. The molecule has 2 amide bonds. The molecule has 29 heavy (non-hydrogen) atoms. The lowest BCUT2D eigenvalue weighted by Gasteiger charge is -2.15. The monoisotopic (exact) mass is 397 g/mol. The van der Waals surface area contributed by atoms with E-state index in [-0.39, 0.29) is 24.9 Å². The van der Waals surface area contributed by atoms with Crippen LogP contribution in [0.3, 0.4) is 0 Å². The van der Waals surface area contributed by atoms with Gasteiger partial charge in [0.25, 0.3) is 0 Å². The predicted octanol–water partition coefficient (Wildman–Crippen LogP) is 1.34. The molecule has 0 spiro atoms. The van der Waals surface area contributed by atoms with Crippen molar-refractivity contribution >= 4 is 23.2 Å². The molecule has 5 N–H and O–H groups in total. The van der Waals surface area contributed by atoms with Gasteiger partial charge < -0.3 is 26.2 Å². The Morgan fingerprint density at radius 2 is 1.41 bits per heavy atom. The van der Waals surface area contributed by atoms with Crippen molar-refractivity contribution < 1.29 is 19.8 Å². The number of amides is 2. The molecule has 2 aromatic rings. The summed E-state index contributed by atoms with van der Waals surface area (Å²) in [6.45, 7) is 0.364. The third kappa shape index (κ3) is 6.04. The van der Waals surface area contributed by atoms with Crippen molar-refractivity contribution in [3.63, 3.8) is 0 Å². The van der Waals surface area contributed by atoms with Crippen molar-refractivity contribution in [3.8, 4) is 0 Å². The van der Waals surface area contributed by atoms with Crippen LogP contribution in [0.5, 0.6) is 0 Å². The smallest absolute Gasteiger partial charge is 0.224 e. The first-order valence-electron chi connectivity index (χ1n) is 9.78. The summed E-state index contributed by atoms with van der Waals surface area (Å²) >= 11 is 0. The summed E-state index contributed by atoms with van der Waals surface area (Å²) in [5, 5.41) is 21.9. The minimum absolute atomic E-state index is 0.0594. The van der Waals surface area contributed by atoms with Gasteiger partial charge in [-0.3, -0.25) is 9.59 Å². The summed E-state index contributed by atoms with van der Waals surface area (Å²) < 4.78 is 0. The van der Waals surface area contributed by atoms with Crippen molar-refractivity contribution in [2.24, 2.45) is 0 Å². The lowest BCUT2D eigenvalue weighted by atomic mass is 10.1. The van der Waals surface area contributed by atoms with Gasteiger partial charge in [-0.05, 0) is 48.2 Å². The first-order chi connectivity index (χ1) is 13.9. The number of anilines is 2. The Balaban J connectivity index is 1.41. The Labute approximate surface area is 170 Å². The fourth-order valence-corrected chi connectivity index (χ4v) is 3.30. The van der Waals surface area contributed by atoms with Crippen LogP contribution in [-0.2, 0) is 22.4 Å². The van der Waals surface area contributed by atoms with Gasteiger partial charge in [-0.1, -0.05) is 24.3 Å². The van der Waals surface area contributed by atoms with Crippen LogP contribution in [0.25, 0.3) is 0 Å². The number of carbonyl (C=O) groups excluding carboxylic acids is 2.